The van der Waals surface area contributed by atoms with Crippen LogP contribution in [0.15, 0.2) is 42.6 Å². The maximum absolute atomic E-state index is 11.0. The smallest absolute Gasteiger partial charge is 0.312 e. The number of hydrogen-bond donors (Lipinski definition) is 1. The molecule has 0 bridgehead atoms. The van der Waals surface area contributed by atoms with E-state index in [1.54, 1.807) is 0 Å². The van der Waals surface area contributed by atoms with Gasteiger partial charge in [-0.1, -0.05) is 41.9 Å². The van der Waals surface area contributed by atoms with E-state index >= 15 is 0 Å². The second-order valence-corrected chi connectivity index (χ2v) is 4.49. The van der Waals surface area contributed by atoms with Crippen LogP contribution in [0.2, 0.25) is 5.02 Å². The van der Waals surface area contributed by atoms with Crippen molar-refractivity contribution in [2.24, 2.45) is 0 Å². The molecular formula is C13H12ClN3O2. The Labute approximate surface area is 115 Å². The summed E-state index contributed by atoms with van der Waals surface area (Å²) in [7, 11) is 0. The topological polar surface area (TPSA) is 68.1 Å². The van der Waals surface area contributed by atoms with Crippen molar-refractivity contribution in [2.45, 2.75) is 13.0 Å². The number of halogens is 1. The number of nitro groups is 1. The van der Waals surface area contributed by atoms with Gasteiger partial charge in [-0.25, -0.2) is 4.98 Å². The summed E-state index contributed by atoms with van der Waals surface area (Å²) in [4.78, 5) is 14.4. The van der Waals surface area contributed by atoms with E-state index in [4.69, 9.17) is 11.6 Å². The lowest BCUT2D eigenvalue weighted by Gasteiger charge is -2.14. The Morgan fingerprint density at radius 3 is 2.68 bits per heavy atom. The van der Waals surface area contributed by atoms with Gasteiger partial charge in [0, 0.05) is 12.3 Å². The molecule has 1 unspecified atom stereocenters. The minimum Gasteiger partial charge on any atom is -0.358 e. The van der Waals surface area contributed by atoms with Crippen molar-refractivity contribution in [3.05, 3.63) is 63.3 Å². The molecule has 0 aliphatic carbocycles. The summed E-state index contributed by atoms with van der Waals surface area (Å²) in [5, 5.41) is 14.2. The predicted molar refractivity (Wildman–Crippen MR) is 74.4 cm³/mol. The average molecular weight is 278 g/mol. The van der Waals surface area contributed by atoms with Crippen molar-refractivity contribution in [3.8, 4) is 0 Å². The van der Waals surface area contributed by atoms with Crippen molar-refractivity contribution in [1.29, 1.82) is 0 Å². The molecule has 1 atom stereocenters. The molecular weight excluding hydrogens is 266 g/mol. The van der Waals surface area contributed by atoms with Crippen LogP contribution >= 0.6 is 11.6 Å². The largest absolute Gasteiger partial charge is 0.358 e. The first kappa shape index (κ1) is 13.3. The number of anilines is 1. The van der Waals surface area contributed by atoms with Crippen LogP contribution in [0.4, 0.5) is 11.5 Å². The molecule has 1 N–H and O–H groups in total. The van der Waals surface area contributed by atoms with Gasteiger partial charge in [0.1, 0.15) is 0 Å². The summed E-state index contributed by atoms with van der Waals surface area (Å²) in [5.41, 5.74) is 0.892. The van der Waals surface area contributed by atoms with Gasteiger partial charge in [0.2, 0.25) is 5.82 Å². The highest BCUT2D eigenvalue weighted by Gasteiger charge is 2.18. The number of hydrogen-bond acceptors (Lipinski definition) is 4. The lowest BCUT2D eigenvalue weighted by atomic mass is 10.1. The zero-order valence-corrected chi connectivity index (χ0v) is 11.0. The van der Waals surface area contributed by atoms with Crippen LogP contribution in [0.1, 0.15) is 18.5 Å². The molecule has 1 aromatic heterocycles. The molecule has 0 saturated carbocycles. The second-order valence-electron chi connectivity index (χ2n) is 4.06. The lowest BCUT2D eigenvalue weighted by Crippen LogP contribution is -2.09. The number of nitrogens with one attached hydrogen (secondary N) is 1. The van der Waals surface area contributed by atoms with Crippen LogP contribution in [0.25, 0.3) is 0 Å². The molecule has 0 radical (unpaired) electrons. The van der Waals surface area contributed by atoms with E-state index in [9.17, 15) is 10.1 Å². The molecule has 0 spiro atoms. The minimum absolute atomic E-state index is 0.0893. The molecule has 0 aliphatic rings. The summed E-state index contributed by atoms with van der Waals surface area (Å²) < 4.78 is 0. The van der Waals surface area contributed by atoms with E-state index in [1.807, 2.05) is 37.3 Å². The number of aromatic nitrogens is 1. The molecule has 2 rings (SSSR count). The average Bonchev–Trinajstić information content (AvgIpc) is 2.41. The standard InChI is InChI=1S/C13H12ClN3O2/c1-9(10-5-3-2-4-6-10)16-13-12(17(18)19)7-11(14)8-15-13/h2-9H,1H3,(H,15,16). The fourth-order valence-electron chi connectivity index (χ4n) is 1.71. The van der Waals surface area contributed by atoms with Gasteiger partial charge in [0.25, 0.3) is 0 Å². The molecule has 0 saturated heterocycles. The molecule has 2 aromatic rings. The third-order valence-corrected chi connectivity index (χ3v) is 2.89. The number of pyridine rings is 1. The lowest BCUT2D eigenvalue weighted by molar-refractivity contribution is -0.384. The Bertz CT molecular complexity index is 590. The second kappa shape index (κ2) is 5.67. The third-order valence-electron chi connectivity index (χ3n) is 2.68. The fraction of sp³-hybridized carbons (Fsp3) is 0.154. The summed E-state index contributed by atoms with van der Waals surface area (Å²) in [5.74, 6) is 0.214. The zero-order valence-electron chi connectivity index (χ0n) is 10.2. The van der Waals surface area contributed by atoms with Gasteiger partial charge in [0.15, 0.2) is 0 Å². The van der Waals surface area contributed by atoms with Gasteiger partial charge in [-0.2, -0.15) is 0 Å². The van der Waals surface area contributed by atoms with E-state index in [2.05, 4.69) is 10.3 Å². The normalized spacial score (nSPS) is 11.9. The predicted octanol–water partition coefficient (Wildman–Crippen LogP) is 3.82. The Hall–Kier alpha value is -2.14. The summed E-state index contributed by atoms with van der Waals surface area (Å²) in [6.45, 7) is 1.91. The molecule has 0 aliphatic heterocycles. The van der Waals surface area contributed by atoms with E-state index in [-0.39, 0.29) is 22.6 Å². The van der Waals surface area contributed by atoms with Gasteiger partial charge in [0.05, 0.1) is 16.0 Å². The highest BCUT2D eigenvalue weighted by molar-refractivity contribution is 6.30. The highest BCUT2D eigenvalue weighted by atomic mass is 35.5. The Morgan fingerprint density at radius 2 is 2.05 bits per heavy atom. The van der Waals surface area contributed by atoms with Crippen LogP contribution in [0.5, 0.6) is 0 Å². The van der Waals surface area contributed by atoms with Crippen LogP contribution in [-0.4, -0.2) is 9.91 Å². The minimum atomic E-state index is -0.501. The highest BCUT2D eigenvalue weighted by Crippen LogP contribution is 2.28. The van der Waals surface area contributed by atoms with Crippen molar-refractivity contribution < 1.29 is 4.92 Å². The van der Waals surface area contributed by atoms with Crippen molar-refractivity contribution in [2.75, 3.05) is 5.32 Å². The first-order chi connectivity index (χ1) is 9.08. The molecule has 6 heteroatoms. The van der Waals surface area contributed by atoms with E-state index in [0.29, 0.717) is 0 Å². The molecule has 0 amide bonds. The summed E-state index contributed by atoms with van der Waals surface area (Å²) in [6.07, 6.45) is 1.38. The molecule has 1 heterocycles. The monoisotopic (exact) mass is 277 g/mol. The molecule has 19 heavy (non-hydrogen) atoms. The van der Waals surface area contributed by atoms with Crippen molar-refractivity contribution in [3.63, 3.8) is 0 Å². The molecule has 98 valence electrons. The van der Waals surface area contributed by atoms with Gasteiger partial charge < -0.3 is 5.32 Å². The summed E-state index contributed by atoms with van der Waals surface area (Å²) in [6, 6.07) is 10.8. The van der Waals surface area contributed by atoms with Gasteiger partial charge in [-0.05, 0) is 12.5 Å². The van der Waals surface area contributed by atoms with E-state index < -0.39 is 4.92 Å². The quantitative estimate of drug-likeness (QED) is 0.681. The van der Waals surface area contributed by atoms with Crippen molar-refractivity contribution >= 4 is 23.1 Å². The summed E-state index contributed by atoms with van der Waals surface area (Å²) >= 11 is 5.72. The van der Waals surface area contributed by atoms with Crippen LogP contribution < -0.4 is 5.32 Å². The SMILES string of the molecule is CC(Nc1ncc(Cl)cc1[N+](=O)[O-])c1ccccc1. The number of benzene rings is 1. The Kier molecular flexibility index (Phi) is 3.97. The van der Waals surface area contributed by atoms with E-state index in [1.165, 1.54) is 12.3 Å². The van der Waals surface area contributed by atoms with Gasteiger partial charge in [-0.3, -0.25) is 10.1 Å². The maximum atomic E-state index is 11.0. The van der Waals surface area contributed by atoms with Crippen LogP contribution in [0.3, 0.4) is 0 Å². The maximum Gasteiger partial charge on any atom is 0.312 e. The van der Waals surface area contributed by atoms with E-state index in [0.717, 1.165) is 5.56 Å². The first-order valence-corrected chi connectivity index (χ1v) is 6.07. The zero-order chi connectivity index (χ0) is 13.8. The molecule has 1 aromatic carbocycles. The number of rotatable bonds is 4. The molecule has 0 fully saturated rings. The van der Waals surface area contributed by atoms with Gasteiger partial charge >= 0.3 is 5.69 Å². The van der Waals surface area contributed by atoms with Crippen molar-refractivity contribution in [1.82, 2.24) is 4.98 Å². The first-order valence-electron chi connectivity index (χ1n) is 5.69. The Morgan fingerprint density at radius 1 is 1.37 bits per heavy atom. The van der Waals surface area contributed by atoms with Crippen LogP contribution in [-0.2, 0) is 0 Å². The number of nitrogens with zero attached hydrogens (tertiary/aromatic N) is 2. The van der Waals surface area contributed by atoms with Crippen LogP contribution in [0, 0.1) is 10.1 Å². The molecule has 5 nitrogen and oxygen atoms in total. The fourth-order valence-corrected chi connectivity index (χ4v) is 1.86. The Balaban J connectivity index is 2.26. The third kappa shape index (κ3) is 3.20. The van der Waals surface area contributed by atoms with Gasteiger partial charge in [-0.15, -0.1) is 0 Å².